The number of likely N-dealkylation sites (N-methyl/N-ethyl adjacent to an activating group) is 1. The number of hydrogen-bond acceptors (Lipinski definition) is 7. The monoisotopic (exact) mass is 599 g/mol. The van der Waals surface area contributed by atoms with Crippen LogP contribution in [-0.4, -0.2) is 80.8 Å². The number of nitrogens with zero attached hydrogens (tertiary/aromatic N) is 6. The van der Waals surface area contributed by atoms with Crippen LogP contribution in [0.5, 0.6) is 0 Å². The molecule has 1 N–H and O–H groups in total. The Morgan fingerprint density at radius 2 is 1.76 bits per heavy atom. The van der Waals surface area contributed by atoms with Gasteiger partial charge in [0.25, 0.3) is 5.91 Å². The molecular formula is C36H37N7O2. The molecule has 0 unspecified atom stereocenters. The van der Waals surface area contributed by atoms with Gasteiger partial charge in [-0.05, 0) is 62.0 Å². The Labute approximate surface area is 263 Å². The van der Waals surface area contributed by atoms with Crippen LogP contribution in [0.3, 0.4) is 0 Å². The molecule has 0 radical (unpaired) electrons. The third-order valence-electron chi connectivity index (χ3n) is 8.07. The fourth-order valence-electron chi connectivity index (χ4n) is 5.71. The molecular weight excluding hydrogens is 562 g/mol. The third-order valence-corrected chi connectivity index (χ3v) is 8.07. The summed E-state index contributed by atoms with van der Waals surface area (Å²) in [7, 11) is 3.92. The molecule has 1 amide bonds. The lowest BCUT2D eigenvalue weighted by molar-refractivity contribution is -0.114. The first-order valence-electron chi connectivity index (χ1n) is 15.2. The first-order valence-corrected chi connectivity index (χ1v) is 15.2. The number of aromatic nitrogens is 4. The fourth-order valence-corrected chi connectivity index (χ4v) is 5.71. The second-order valence-corrected chi connectivity index (χ2v) is 11.8. The van der Waals surface area contributed by atoms with Crippen molar-refractivity contribution in [2.75, 3.05) is 39.0 Å². The van der Waals surface area contributed by atoms with Crippen LogP contribution in [0, 0.1) is 5.92 Å². The van der Waals surface area contributed by atoms with Gasteiger partial charge in [-0.3, -0.25) is 9.59 Å². The minimum Gasteiger partial charge on any atom is -0.349 e. The summed E-state index contributed by atoms with van der Waals surface area (Å²) in [5.41, 5.74) is 6.05. The van der Waals surface area contributed by atoms with Gasteiger partial charge in [0.05, 0.1) is 22.8 Å². The number of allylic oxidation sites excluding steroid dienone is 1. The minimum atomic E-state index is -0.0246. The summed E-state index contributed by atoms with van der Waals surface area (Å²) < 4.78 is 1.88. The Hall–Kier alpha value is -5.15. The molecule has 1 fully saturated rings. The predicted octanol–water partition coefficient (Wildman–Crippen LogP) is 5.26. The van der Waals surface area contributed by atoms with Crippen LogP contribution in [0.2, 0.25) is 0 Å². The number of hydrogen-bond donors (Lipinski definition) is 1. The summed E-state index contributed by atoms with van der Waals surface area (Å²) in [4.78, 5) is 39.0. The van der Waals surface area contributed by atoms with Crippen molar-refractivity contribution in [1.29, 1.82) is 0 Å². The van der Waals surface area contributed by atoms with Crippen molar-refractivity contribution in [1.82, 2.24) is 29.4 Å². The van der Waals surface area contributed by atoms with E-state index in [2.05, 4.69) is 29.4 Å². The van der Waals surface area contributed by atoms with Crippen molar-refractivity contribution >= 4 is 23.2 Å². The second kappa shape index (κ2) is 13.2. The van der Waals surface area contributed by atoms with Gasteiger partial charge in [-0.1, -0.05) is 61.5 Å². The zero-order chi connectivity index (χ0) is 31.3. The van der Waals surface area contributed by atoms with Gasteiger partial charge in [0.15, 0.2) is 5.78 Å². The topological polar surface area (TPSA) is 95.7 Å². The zero-order valence-corrected chi connectivity index (χ0v) is 25.8. The lowest BCUT2D eigenvalue weighted by Crippen LogP contribution is -2.32. The molecule has 1 saturated heterocycles. The SMILES string of the molecule is C[C@H]1CN(C(=O)c2ccc(CC(=O)/C=C/CN(C)C)cc2)C[C@@H]1Nc1nccc(-c2c(-c3ccccc3)nn3ccccc23)n1. The Balaban J connectivity index is 1.14. The minimum absolute atomic E-state index is 0.00690. The highest BCUT2D eigenvalue weighted by Crippen LogP contribution is 2.34. The molecule has 2 aromatic carbocycles. The molecule has 6 rings (SSSR count). The zero-order valence-electron chi connectivity index (χ0n) is 25.8. The molecule has 9 nitrogen and oxygen atoms in total. The van der Waals surface area contributed by atoms with Crippen LogP contribution < -0.4 is 5.32 Å². The molecule has 0 spiro atoms. The molecule has 0 bridgehead atoms. The van der Waals surface area contributed by atoms with Crippen LogP contribution in [0.15, 0.2) is 103 Å². The molecule has 228 valence electrons. The normalized spacial score (nSPS) is 16.6. The van der Waals surface area contributed by atoms with Gasteiger partial charge in [0.2, 0.25) is 5.95 Å². The highest BCUT2D eigenvalue weighted by atomic mass is 16.2. The summed E-state index contributed by atoms with van der Waals surface area (Å²) in [6.07, 6.45) is 7.50. The molecule has 45 heavy (non-hydrogen) atoms. The largest absolute Gasteiger partial charge is 0.349 e. The van der Waals surface area contributed by atoms with Crippen LogP contribution in [0.4, 0.5) is 5.95 Å². The van der Waals surface area contributed by atoms with Gasteiger partial charge in [-0.2, -0.15) is 5.10 Å². The number of ketones is 1. The molecule has 3 aromatic heterocycles. The van der Waals surface area contributed by atoms with Crippen molar-refractivity contribution in [3.63, 3.8) is 0 Å². The van der Waals surface area contributed by atoms with Crippen LogP contribution in [-0.2, 0) is 11.2 Å². The molecule has 0 aliphatic carbocycles. The van der Waals surface area contributed by atoms with Crippen LogP contribution in [0.25, 0.3) is 28.0 Å². The van der Waals surface area contributed by atoms with Gasteiger partial charge < -0.3 is 15.1 Å². The lowest BCUT2D eigenvalue weighted by atomic mass is 10.0. The van der Waals surface area contributed by atoms with E-state index in [0.717, 1.165) is 40.1 Å². The summed E-state index contributed by atoms with van der Waals surface area (Å²) in [5, 5.41) is 8.37. The molecule has 1 aliphatic rings. The van der Waals surface area contributed by atoms with Crippen molar-refractivity contribution in [2.24, 2.45) is 5.92 Å². The Kier molecular flexibility index (Phi) is 8.79. The van der Waals surface area contributed by atoms with Gasteiger partial charge >= 0.3 is 0 Å². The molecule has 9 heteroatoms. The maximum Gasteiger partial charge on any atom is 0.253 e. The number of pyridine rings is 1. The average Bonchev–Trinajstić information content (AvgIpc) is 3.62. The van der Waals surface area contributed by atoms with Crippen molar-refractivity contribution in [3.8, 4) is 22.5 Å². The number of fused-ring (bicyclic) bond motifs is 1. The number of benzene rings is 2. The number of carbonyl (C=O) groups is 2. The van der Waals surface area contributed by atoms with E-state index in [9.17, 15) is 9.59 Å². The Morgan fingerprint density at radius 3 is 2.53 bits per heavy atom. The number of carbonyl (C=O) groups excluding carboxylic acids is 2. The molecule has 2 atom stereocenters. The smallest absolute Gasteiger partial charge is 0.253 e. The van der Waals surface area contributed by atoms with Gasteiger partial charge in [0, 0.05) is 49.6 Å². The van der Waals surface area contributed by atoms with Gasteiger partial charge in [0.1, 0.15) is 5.69 Å². The first-order chi connectivity index (χ1) is 21.9. The third kappa shape index (κ3) is 6.84. The fraction of sp³-hybridized carbons (Fsp3) is 0.250. The quantitative estimate of drug-likeness (QED) is 0.219. The molecule has 4 heterocycles. The lowest BCUT2D eigenvalue weighted by Gasteiger charge is -2.18. The molecule has 0 saturated carbocycles. The van der Waals surface area contributed by atoms with E-state index < -0.39 is 0 Å². The summed E-state index contributed by atoms with van der Waals surface area (Å²) in [6.45, 7) is 4.01. The number of anilines is 1. The molecule has 5 aromatic rings. The maximum atomic E-state index is 13.4. The average molecular weight is 600 g/mol. The van der Waals surface area contributed by atoms with E-state index >= 15 is 0 Å². The van der Waals surface area contributed by atoms with E-state index in [1.165, 1.54) is 0 Å². The summed E-state index contributed by atoms with van der Waals surface area (Å²) in [6, 6.07) is 25.4. The Morgan fingerprint density at radius 1 is 0.978 bits per heavy atom. The van der Waals surface area contributed by atoms with Crippen molar-refractivity contribution in [2.45, 2.75) is 19.4 Å². The van der Waals surface area contributed by atoms with Gasteiger partial charge in [-0.15, -0.1) is 0 Å². The highest BCUT2D eigenvalue weighted by molar-refractivity contribution is 5.95. The van der Waals surface area contributed by atoms with E-state index in [-0.39, 0.29) is 23.7 Å². The van der Waals surface area contributed by atoms with E-state index in [1.807, 2.05) is 107 Å². The van der Waals surface area contributed by atoms with E-state index in [1.54, 1.807) is 12.3 Å². The Bertz CT molecular complexity index is 1830. The number of nitrogens with one attached hydrogen (secondary N) is 1. The van der Waals surface area contributed by atoms with Crippen LogP contribution >= 0.6 is 0 Å². The van der Waals surface area contributed by atoms with Gasteiger partial charge in [-0.25, -0.2) is 14.5 Å². The standard InChI is InChI=1S/C36H37N7O2/c1-25-23-42(35(45)28-16-14-26(15-17-28)22-29(44)12-9-20-41(2)3)24-31(25)39-36-37-19-18-30(38-36)33-32-13-7-8-21-43(32)40-34(33)27-10-5-4-6-11-27/h4-19,21,25,31H,20,22-24H2,1-3H3,(H,37,38,39)/b12-9+/t25-,31-/m0/s1. The number of amides is 1. The summed E-state index contributed by atoms with van der Waals surface area (Å²) in [5.74, 6) is 0.733. The van der Waals surface area contributed by atoms with Crippen molar-refractivity contribution < 1.29 is 9.59 Å². The van der Waals surface area contributed by atoms with E-state index in [0.29, 0.717) is 31.0 Å². The number of likely N-dealkylation sites (tertiary alicyclic amines) is 1. The molecule has 1 aliphatic heterocycles. The van der Waals surface area contributed by atoms with Crippen LogP contribution in [0.1, 0.15) is 22.8 Å². The maximum absolute atomic E-state index is 13.4. The first kappa shape index (κ1) is 29.9. The highest BCUT2D eigenvalue weighted by Gasteiger charge is 2.33. The second-order valence-electron chi connectivity index (χ2n) is 11.8. The summed E-state index contributed by atoms with van der Waals surface area (Å²) >= 11 is 0. The predicted molar refractivity (Wildman–Crippen MR) is 177 cm³/mol. The number of rotatable bonds is 10. The van der Waals surface area contributed by atoms with Crippen molar-refractivity contribution in [3.05, 3.63) is 115 Å². The van der Waals surface area contributed by atoms with E-state index in [4.69, 9.17) is 10.1 Å².